The number of nitrogen functional groups attached to an aromatic ring is 1. The third kappa shape index (κ3) is 4.13. The Balaban J connectivity index is 2.89. The van der Waals surface area contributed by atoms with E-state index in [9.17, 15) is 4.79 Å². The number of nitrogens with two attached hydrogens (primary N) is 1. The lowest BCUT2D eigenvalue weighted by molar-refractivity contribution is 0.0720. The van der Waals surface area contributed by atoms with E-state index in [1.165, 1.54) is 0 Å². The second-order valence-electron chi connectivity index (χ2n) is 4.32. The van der Waals surface area contributed by atoms with E-state index < -0.39 is 0 Å². The summed E-state index contributed by atoms with van der Waals surface area (Å²) >= 11 is 0. The fraction of sp³-hybridized carbons (Fsp3) is 0.500. The van der Waals surface area contributed by atoms with Crippen LogP contribution in [-0.4, -0.2) is 42.7 Å². The molecule has 0 bridgehead atoms. The number of rotatable bonds is 7. The van der Waals surface area contributed by atoms with Gasteiger partial charge in [-0.15, -0.1) is 0 Å². The zero-order valence-electron chi connectivity index (χ0n) is 11.6. The Morgan fingerprint density at radius 2 is 2.16 bits per heavy atom. The van der Waals surface area contributed by atoms with Crippen molar-refractivity contribution in [2.75, 3.05) is 32.5 Å². The number of aliphatic hydroxyl groups excluding tert-OH is 1. The van der Waals surface area contributed by atoms with Gasteiger partial charge in [0.1, 0.15) is 5.75 Å². The van der Waals surface area contributed by atoms with Crippen LogP contribution in [0.2, 0.25) is 0 Å². The van der Waals surface area contributed by atoms with Crippen LogP contribution in [0.15, 0.2) is 18.2 Å². The maximum atomic E-state index is 12.4. The highest BCUT2D eigenvalue weighted by molar-refractivity contribution is 5.99. The van der Waals surface area contributed by atoms with Crippen LogP contribution in [0.1, 0.15) is 30.1 Å². The molecule has 0 fully saturated rings. The van der Waals surface area contributed by atoms with Crippen molar-refractivity contribution < 1.29 is 14.6 Å². The summed E-state index contributed by atoms with van der Waals surface area (Å²) < 4.78 is 5.06. The lowest BCUT2D eigenvalue weighted by Gasteiger charge is -2.22. The summed E-state index contributed by atoms with van der Waals surface area (Å²) in [4.78, 5) is 14.0. The van der Waals surface area contributed by atoms with Crippen LogP contribution in [0, 0.1) is 0 Å². The third-order valence-electron chi connectivity index (χ3n) is 2.93. The van der Waals surface area contributed by atoms with Crippen LogP contribution in [0.3, 0.4) is 0 Å². The summed E-state index contributed by atoms with van der Waals surface area (Å²) in [6.45, 7) is 2.96. The van der Waals surface area contributed by atoms with Crippen molar-refractivity contribution in [2.45, 2.75) is 19.8 Å². The van der Waals surface area contributed by atoms with E-state index >= 15 is 0 Å². The molecule has 0 unspecified atom stereocenters. The van der Waals surface area contributed by atoms with Crippen LogP contribution < -0.4 is 10.5 Å². The Labute approximate surface area is 114 Å². The first-order valence-corrected chi connectivity index (χ1v) is 6.47. The van der Waals surface area contributed by atoms with Gasteiger partial charge in [0.05, 0.1) is 19.3 Å². The zero-order chi connectivity index (χ0) is 14.3. The Morgan fingerprint density at radius 3 is 2.68 bits per heavy atom. The van der Waals surface area contributed by atoms with Gasteiger partial charge in [-0.05, 0) is 18.6 Å². The Bertz CT molecular complexity index is 421. The number of amides is 1. The number of nitrogens with zero attached hydrogens (tertiary/aromatic N) is 1. The van der Waals surface area contributed by atoms with Gasteiger partial charge < -0.3 is 20.5 Å². The molecule has 0 spiro atoms. The number of carbonyl (C=O) groups is 1. The van der Waals surface area contributed by atoms with E-state index in [1.54, 1.807) is 30.2 Å². The van der Waals surface area contributed by atoms with Crippen molar-refractivity contribution in [1.29, 1.82) is 0 Å². The largest absolute Gasteiger partial charge is 0.497 e. The molecule has 0 aliphatic rings. The van der Waals surface area contributed by atoms with Crippen LogP contribution in [0.5, 0.6) is 5.75 Å². The normalized spacial score (nSPS) is 10.3. The monoisotopic (exact) mass is 266 g/mol. The number of ether oxygens (including phenoxy) is 1. The van der Waals surface area contributed by atoms with Crippen molar-refractivity contribution in [3.8, 4) is 5.75 Å². The van der Waals surface area contributed by atoms with Crippen molar-refractivity contribution in [2.24, 2.45) is 0 Å². The second kappa shape index (κ2) is 7.63. The topological polar surface area (TPSA) is 75.8 Å². The van der Waals surface area contributed by atoms with E-state index in [-0.39, 0.29) is 12.5 Å². The Kier molecular flexibility index (Phi) is 6.15. The standard InChI is InChI=1S/C14H22N2O3/c1-3-4-7-16(8-9-17)14(18)12-6-5-11(19-2)10-13(12)15/h5-6,10,17H,3-4,7-9,15H2,1-2H3. The predicted octanol–water partition coefficient (Wildman–Crippen LogP) is 1.51. The minimum Gasteiger partial charge on any atom is -0.497 e. The average molecular weight is 266 g/mol. The van der Waals surface area contributed by atoms with Crippen LogP contribution >= 0.6 is 0 Å². The molecular formula is C14H22N2O3. The van der Waals surface area contributed by atoms with Crippen LogP contribution in [-0.2, 0) is 0 Å². The molecule has 0 atom stereocenters. The first-order valence-electron chi connectivity index (χ1n) is 6.47. The van der Waals surface area contributed by atoms with E-state index in [0.717, 1.165) is 12.8 Å². The number of hydrogen-bond donors (Lipinski definition) is 2. The molecule has 19 heavy (non-hydrogen) atoms. The molecule has 0 aliphatic heterocycles. The van der Waals surface area contributed by atoms with Crippen LogP contribution in [0.25, 0.3) is 0 Å². The van der Waals surface area contributed by atoms with Gasteiger partial charge in [-0.1, -0.05) is 13.3 Å². The Hall–Kier alpha value is -1.75. The molecule has 5 nitrogen and oxygen atoms in total. The molecule has 1 aromatic rings. The highest BCUT2D eigenvalue weighted by Crippen LogP contribution is 2.21. The van der Waals surface area contributed by atoms with Crippen molar-refractivity contribution in [3.05, 3.63) is 23.8 Å². The second-order valence-corrected chi connectivity index (χ2v) is 4.32. The molecule has 1 rings (SSSR count). The molecule has 0 aromatic heterocycles. The SMILES string of the molecule is CCCCN(CCO)C(=O)c1ccc(OC)cc1N. The number of hydrogen-bond acceptors (Lipinski definition) is 4. The van der Waals surface area contributed by atoms with E-state index in [1.807, 2.05) is 0 Å². The summed E-state index contributed by atoms with van der Waals surface area (Å²) in [5.74, 6) is 0.471. The first-order chi connectivity index (χ1) is 9.13. The molecule has 3 N–H and O–H groups in total. The minimum atomic E-state index is -0.150. The minimum absolute atomic E-state index is 0.0501. The molecule has 0 radical (unpaired) electrons. The van der Waals surface area contributed by atoms with Gasteiger partial charge >= 0.3 is 0 Å². The number of unbranched alkanes of at least 4 members (excludes halogenated alkanes) is 1. The predicted molar refractivity (Wildman–Crippen MR) is 75.3 cm³/mol. The molecule has 1 aromatic carbocycles. The summed E-state index contributed by atoms with van der Waals surface area (Å²) in [6.07, 6.45) is 1.90. The molecule has 0 heterocycles. The van der Waals surface area contributed by atoms with Crippen molar-refractivity contribution >= 4 is 11.6 Å². The highest BCUT2D eigenvalue weighted by atomic mass is 16.5. The maximum absolute atomic E-state index is 12.4. The fourth-order valence-electron chi connectivity index (χ4n) is 1.82. The van der Waals surface area contributed by atoms with Crippen molar-refractivity contribution in [3.63, 3.8) is 0 Å². The van der Waals surface area contributed by atoms with Gasteiger partial charge in [0.25, 0.3) is 5.91 Å². The van der Waals surface area contributed by atoms with E-state index in [0.29, 0.717) is 30.1 Å². The van der Waals surface area contributed by atoms with Gasteiger partial charge in [-0.2, -0.15) is 0 Å². The summed E-state index contributed by atoms with van der Waals surface area (Å²) in [6, 6.07) is 5.00. The number of anilines is 1. The smallest absolute Gasteiger partial charge is 0.256 e. The van der Waals surface area contributed by atoms with Gasteiger partial charge in [-0.3, -0.25) is 4.79 Å². The lowest BCUT2D eigenvalue weighted by atomic mass is 10.1. The van der Waals surface area contributed by atoms with Gasteiger partial charge in [0, 0.05) is 24.8 Å². The average Bonchev–Trinajstić information content (AvgIpc) is 2.42. The zero-order valence-corrected chi connectivity index (χ0v) is 11.6. The van der Waals surface area contributed by atoms with Gasteiger partial charge in [0.15, 0.2) is 0 Å². The van der Waals surface area contributed by atoms with Gasteiger partial charge in [0.2, 0.25) is 0 Å². The molecule has 0 aliphatic carbocycles. The first kappa shape index (κ1) is 15.3. The number of carbonyl (C=O) groups excluding carboxylic acids is 1. The number of methoxy groups -OCH3 is 1. The summed E-state index contributed by atoms with van der Waals surface area (Å²) in [5, 5.41) is 9.04. The molecule has 1 amide bonds. The van der Waals surface area contributed by atoms with Crippen LogP contribution in [0.4, 0.5) is 5.69 Å². The van der Waals surface area contributed by atoms with E-state index in [4.69, 9.17) is 15.6 Å². The van der Waals surface area contributed by atoms with Crippen molar-refractivity contribution in [1.82, 2.24) is 4.90 Å². The molecule has 106 valence electrons. The third-order valence-corrected chi connectivity index (χ3v) is 2.93. The molecule has 5 heteroatoms. The molecular weight excluding hydrogens is 244 g/mol. The molecule has 0 saturated carbocycles. The van der Waals surface area contributed by atoms with Gasteiger partial charge in [-0.25, -0.2) is 0 Å². The molecule has 0 saturated heterocycles. The summed E-state index contributed by atoms with van der Waals surface area (Å²) in [7, 11) is 1.55. The lowest BCUT2D eigenvalue weighted by Crippen LogP contribution is -2.34. The number of benzene rings is 1. The highest BCUT2D eigenvalue weighted by Gasteiger charge is 2.17. The maximum Gasteiger partial charge on any atom is 0.256 e. The Morgan fingerprint density at radius 1 is 1.42 bits per heavy atom. The fourth-order valence-corrected chi connectivity index (χ4v) is 1.82. The summed E-state index contributed by atoms with van der Waals surface area (Å²) in [5.41, 5.74) is 6.71. The quantitative estimate of drug-likeness (QED) is 0.734. The van der Waals surface area contributed by atoms with E-state index in [2.05, 4.69) is 6.92 Å². The number of aliphatic hydroxyl groups is 1.